The van der Waals surface area contributed by atoms with Crippen LogP contribution in [0.5, 0.6) is 0 Å². The standard InChI is InChI=1S/C19H17ClN2O2/c1-22(18-10-17(20)6-5-15(18)11-21)19(23)14-4-2-3-13(9-14)16-7-8-24-12-16/h2-6,9-10,16H,7-8,12H2,1H3/t16-/m1/s1. The van der Waals surface area contributed by atoms with Gasteiger partial charge in [-0.25, -0.2) is 0 Å². The SMILES string of the molecule is CN(C(=O)c1cccc([C@@H]2CCOC2)c1)c1cc(Cl)ccc1C#N. The molecule has 4 nitrogen and oxygen atoms in total. The molecule has 1 aliphatic heterocycles. The van der Waals surface area contributed by atoms with Crippen LogP contribution in [0.15, 0.2) is 42.5 Å². The highest BCUT2D eigenvalue weighted by atomic mass is 35.5. The van der Waals surface area contributed by atoms with Crippen molar-refractivity contribution in [1.82, 2.24) is 0 Å². The van der Waals surface area contributed by atoms with E-state index in [2.05, 4.69) is 6.07 Å². The van der Waals surface area contributed by atoms with Crippen LogP contribution in [0.3, 0.4) is 0 Å². The molecule has 0 aromatic heterocycles. The highest BCUT2D eigenvalue weighted by Gasteiger charge is 2.21. The molecule has 1 amide bonds. The normalized spacial score (nSPS) is 16.6. The minimum atomic E-state index is -0.172. The van der Waals surface area contributed by atoms with Crippen LogP contribution in [0.4, 0.5) is 5.69 Å². The molecule has 1 atom stereocenters. The molecule has 24 heavy (non-hydrogen) atoms. The highest BCUT2D eigenvalue weighted by Crippen LogP contribution is 2.28. The molecule has 2 aromatic rings. The van der Waals surface area contributed by atoms with Crippen molar-refractivity contribution in [2.45, 2.75) is 12.3 Å². The molecule has 0 unspecified atom stereocenters. The lowest BCUT2D eigenvalue weighted by Gasteiger charge is -2.20. The van der Waals surface area contributed by atoms with E-state index in [0.29, 0.717) is 34.4 Å². The average molecular weight is 341 g/mol. The van der Waals surface area contributed by atoms with Gasteiger partial charge in [-0.2, -0.15) is 5.26 Å². The summed E-state index contributed by atoms with van der Waals surface area (Å²) in [4.78, 5) is 14.3. The number of amides is 1. The molecule has 0 saturated carbocycles. The van der Waals surface area contributed by atoms with Gasteiger partial charge in [0, 0.05) is 30.2 Å². The number of carbonyl (C=O) groups is 1. The number of hydrogen-bond donors (Lipinski definition) is 0. The fraction of sp³-hybridized carbons (Fsp3) is 0.263. The van der Waals surface area contributed by atoms with Crippen LogP contribution in [0.2, 0.25) is 5.02 Å². The monoisotopic (exact) mass is 340 g/mol. The van der Waals surface area contributed by atoms with Gasteiger partial charge < -0.3 is 9.64 Å². The number of nitriles is 1. The molecular formula is C19H17ClN2O2. The maximum absolute atomic E-state index is 12.8. The number of nitrogens with zero attached hydrogens (tertiary/aromatic N) is 2. The lowest BCUT2D eigenvalue weighted by molar-refractivity contribution is 0.0993. The van der Waals surface area contributed by atoms with Gasteiger partial charge in [0.15, 0.2) is 0 Å². The molecular weight excluding hydrogens is 324 g/mol. The number of rotatable bonds is 3. The Labute approximate surface area is 146 Å². The molecule has 3 rings (SSSR count). The Balaban J connectivity index is 1.90. The Kier molecular flexibility index (Phi) is 4.84. The van der Waals surface area contributed by atoms with Crippen LogP contribution < -0.4 is 4.90 Å². The van der Waals surface area contributed by atoms with Gasteiger partial charge in [-0.15, -0.1) is 0 Å². The third-order valence-electron chi connectivity index (χ3n) is 4.28. The van der Waals surface area contributed by atoms with Crippen LogP contribution in [-0.4, -0.2) is 26.2 Å². The first-order valence-corrected chi connectivity index (χ1v) is 8.13. The summed E-state index contributed by atoms with van der Waals surface area (Å²) in [5.41, 5.74) is 2.62. The molecule has 0 spiro atoms. The summed E-state index contributed by atoms with van der Waals surface area (Å²) in [6, 6.07) is 14.6. The summed E-state index contributed by atoms with van der Waals surface area (Å²) < 4.78 is 5.43. The number of carbonyl (C=O) groups excluding carboxylic acids is 1. The lowest BCUT2D eigenvalue weighted by Crippen LogP contribution is -2.27. The summed E-state index contributed by atoms with van der Waals surface area (Å²) in [6.45, 7) is 1.46. The Morgan fingerprint density at radius 2 is 2.17 bits per heavy atom. The van der Waals surface area contributed by atoms with Crippen molar-refractivity contribution in [3.63, 3.8) is 0 Å². The van der Waals surface area contributed by atoms with E-state index in [4.69, 9.17) is 16.3 Å². The third-order valence-corrected chi connectivity index (χ3v) is 4.52. The van der Waals surface area contributed by atoms with E-state index in [1.807, 2.05) is 18.2 Å². The predicted molar refractivity (Wildman–Crippen MR) is 93.5 cm³/mol. The van der Waals surface area contributed by atoms with Crippen molar-refractivity contribution < 1.29 is 9.53 Å². The van der Waals surface area contributed by atoms with Crippen molar-refractivity contribution in [2.24, 2.45) is 0 Å². The summed E-state index contributed by atoms with van der Waals surface area (Å²) in [6.07, 6.45) is 0.973. The Morgan fingerprint density at radius 3 is 2.88 bits per heavy atom. The maximum Gasteiger partial charge on any atom is 0.258 e. The Hall–Kier alpha value is -2.35. The molecule has 1 fully saturated rings. The van der Waals surface area contributed by atoms with Crippen LogP contribution >= 0.6 is 11.6 Å². The van der Waals surface area contributed by atoms with Crippen LogP contribution in [0.25, 0.3) is 0 Å². The van der Waals surface area contributed by atoms with Gasteiger partial charge in [0.25, 0.3) is 5.91 Å². The van der Waals surface area contributed by atoms with E-state index in [9.17, 15) is 10.1 Å². The summed E-state index contributed by atoms with van der Waals surface area (Å²) in [5.74, 6) is 0.165. The zero-order valence-electron chi connectivity index (χ0n) is 13.3. The van der Waals surface area contributed by atoms with Crippen LogP contribution in [0, 0.1) is 11.3 Å². The largest absolute Gasteiger partial charge is 0.381 e. The number of ether oxygens (including phenoxy) is 1. The quantitative estimate of drug-likeness (QED) is 0.848. The van der Waals surface area contributed by atoms with Gasteiger partial charge in [0.2, 0.25) is 0 Å². The molecule has 0 N–H and O–H groups in total. The second-order valence-electron chi connectivity index (χ2n) is 5.82. The minimum Gasteiger partial charge on any atom is -0.381 e. The molecule has 122 valence electrons. The van der Waals surface area contributed by atoms with Crippen LogP contribution in [-0.2, 0) is 4.74 Å². The van der Waals surface area contributed by atoms with Gasteiger partial charge in [-0.05, 0) is 42.3 Å². The molecule has 1 aliphatic rings. The number of halogens is 1. The minimum absolute atomic E-state index is 0.172. The fourth-order valence-corrected chi connectivity index (χ4v) is 3.07. The third kappa shape index (κ3) is 3.28. The molecule has 0 bridgehead atoms. The van der Waals surface area contributed by atoms with Crippen LogP contribution in [0.1, 0.15) is 33.8 Å². The first-order chi connectivity index (χ1) is 11.6. The molecule has 2 aromatic carbocycles. The van der Waals surface area contributed by atoms with Crippen molar-refractivity contribution in [1.29, 1.82) is 5.26 Å². The smallest absolute Gasteiger partial charge is 0.258 e. The fourth-order valence-electron chi connectivity index (χ4n) is 2.90. The van der Waals surface area contributed by atoms with E-state index < -0.39 is 0 Å². The van der Waals surface area contributed by atoms with Gasteiger partial charge in [0.05, 0.1) is 17.9 Å². The van der Waals surface area contributed by atoms with Gasteiger partial charge in [-0.1, -0.05) is 23.7 Å². The van der Waals surface area contributed by atoms with Gasteiger partial charge in [-0.3, -0.25) is 4.79 Å². The average Bonchev–Trinajstić information content (AvgIpc) is 3.15. The first kappa shape index (κ1) is 16.5. The van der Waals surface area contributed by atoms with E-state index >= 15 is 0 Å². The predicted octanol–water partition coefficient (Wildman–Crippen LogP) is 3.99. The molecule has 1 heterocycles. The summed E-state index contributed by atoms with van der Waals surface area (Å²) in [5, 5.41) is 9.74. The van der Waals surface area contributed by atoms with E-state index in [1.54, 1.807) is 31.3 Å². The highest BCUT2D eigenvalue weighted by molar-refractivity contribution is 6.31. The Morgan fingerprint density at radius 1 is 1.33 bits per heavy atom. The number of benzene rings is 2. The second kappa shape index (κ2) is 7.04. The zero-order valence-corrected chi connectivity index (χ0v) is 14.1. The second-order valence-corrected chi connectivity index (χ2v) is 6.26. The van der Waals surface area contributed by atoms with Crippen molar-refractivity contribution in [3.8, 4) is 6.07 Å². The van der Waals surface area contributed by atoms with Gasteiger partial charge in [0.1, 0.15) is 6.07 Å². The zero-order chi connectivity index (χ0) is 17.1. The summed E-state index contributed by atoms with van der Waals surface area (Å²) >= 11 is 6.02. The molecule has 0 radical (unpaired) electrons. The molecule has 1 saturated heterocycles. The topological polar surface area (TPSA) is 53.3 Å². The Bertz CT molecular complexity index is 807. The van der Waals surface area contributed by atoms with Crippen molar-refractivity contribution >= 4 is 23.2 Å². The summed E-state index contributed by atoms with van der Waals surface area (Å²) in [7, 11) is 1.65. The van der Waals surface area contributed by atoms with Gasteiger partial charge >= 0.3 is 0 Å². The van der Waals surface area contributed by atoms with Crippen molar-refractivity contribution in [3.05, 3.63) is 64.2 Å². The number of hydrogen-bond acceptors (Lipinski definition) is 3. The van der Waals surface area contributed by atoms with E-state index in [-0.39, 0.29) is 5.91 Å². The maximum atomic E-state index is 12.8. The first-order valence-electron chi connectivity index (χ1n) is 7.75. The number of anilines is 1. The molecule has 0 aliphatic carbocycles. The van der Waals surface area contributed by atoms with E-state index in [1.165, 1.54) is 4.90 Å². The lowest BCUT2D eigenvalue weighted by atomic mass is 9.96. The van der Waals surface area contributed by atoms with Crippen molar-refractivity contribution in [2.75, 3.05) is 25.2 Å². The molecule has 5 heteroatoms. The van der Waals surface area contributed by atoms with E-state index in [0.717, 1.165) is 18.6 Å².